The Morgan fingerprint density at radius 2 is 2.21 bits per heavy atom. The van der Waals surface area contributed by atoms with Crippen LogP contribution in [0.25, 0.3) is 0 Å². The Kier molecular flexibility index (Phi) is 4.26. The van der Waals surface area contributed by atoms with Gasteiger partial charge in [0.05, 0.1) is 6.54 Å². The molecule has 102 valence electrons. The fourth-order valence-corrected chi connectivity index (χ4v) is 2.46. The Morgan fingerprint density at radius 1 is 1.47 bits per heavy atom. The molecule has 6 nitrogen and oxygen atoms in total. The summed E-state index contributed by atoms with van der Waals surface area (Å²) in [6, 6.07) is -0.277. The van der Waals surface area contributed by atoms with Crippen molar-refractivity contribution in [3.05, 3.63) is 28.2 Å². The maximum absolute atomic E-state index is 12.0. The zero-order chi connectivity index (χ0) is 13.8. The van der Waals surface area contributed by atoms with E-state index in [0.29, 0.717) is 6.54 Å². The second-order valence-electron chi connectivity index (χ2n) is 4.22. The third-order valence-corrected chi connectivity index (χ3v) is 3.95. The topological polar surface area (TPSA) is 72.7 Å². The van der Waals surface area contributed by atoms with Gasteiger partial charge in [-0.3, -0.25) is 4.79 Å². The van der Waals surface area contributed by atoms with E-state index in [-0.39, 0.29) is 11.9 Å². The normalized spacial score (nSPS) is 12.4. The van der Waals surface area contributed by atoms with Crippen molar-refractivity contribution in [1.29, 1.82) is 0 Å². The van der Waals surface area contributed by atoms with Crippen molar-refractivity contribution < 1.29 is 4.79 Å². The van der Waals surface area contributed by atoms with Gasteiger partial charge in [0.2, 0.25) is 5.91 Å². The number of imidazole rings is 1. The van der Waals surface area contributed by atoms with Crippen LogP contribution in [-0.2, 0) is 17.8 Å². The van der Waals surface area contributed by atoms with Crippen LogP contribution >= 0.6 is 11.3 Å². The highest BCUT2D eigenvalue weighted by Crippen LogP contribution is 2.11. The summed E-state index contributed by atoms with van der Waals surface area (Å²) >= 11 is 1.53. The van der Waals surface area contributed by atoms with Gasteiger partial charge in [-0.1, -0.05) is 18.3 Å². The number of aromatic nitrogens is 4. The molecule has 0 aromatic carbocycles. The fourth-order valence-electron chi connectivity index (χ4n) is 1.74. The number of aryl methyl sites for hydroxylation is 2. The number of rotatable bonds is 5. The highest BCUT2D eigenvalue weighted by molar-refractivity contribution is 7.11. The van der Waals surface area contributed by atoms with Crippen LogP contribution in [0.5, 0.6) is 0 Å². The van der Waals surface area contributed by atoms with E-state index in [0.717, 1.165) is 22.3 Å². The number of hydrogen-bond acceptors (Lipinski definition) is 5. The molecule has 2 heterocycles. The average molecular weight is 279 g/mol. The molecule has 0 aliphatic carbocycles. The summed E-state index contributed by atoms with van der Waals surface area (Å²) < 4.78 is 1.84. The second-order valence-corrected chi connectivity index (χ2v) is 5.37. The Balaban J connectivity index is 1.92. The molecule has 1 N–H and O–H groups in total. The molecule has 1 atom stereocenters. The number of carbonyl (C=O) groups excluding carboxylic acids is 1. The van der Waals surface area contributed by atoms with Crippen molar-refractivity contribution in [3.8, 4) is 0 Å². The summed E-state index contributed by atoms with van der Waals surface area (Å²) in [5.74, 6) is 0.779. The maximum Gasteiger partial charge on any atom is 0.243 e. The first-order valence-electron chi connectivity index (χ1n) is 6.20. The largest absolute Gasteiger partial charge is 0.348 e. The molecule has 2 rings (SSSR count). The molecule has 0 aliphatic heterocycles. The predicted octanol–water partition coefficient (Wildman–Crippen LogP) is 1.48. The quantitative estimate of drug-likeness (QED) is 0.900. The lowest BCUT2D eigenvalue weighted by atomic mass is 10.3. The van der Waals surface area contributed by atoms with Crippen LogP contribution in [0.2, 0.25) is 0 Å². The molecule has 0 bridgehead atoms. The monoisotopic (exact) mass is 279 g/mol. The third kappa shape index (κ3) is 3.17. The van der Waals surface area contributed by atoms with E-state index < -0.39 is 0 Å². The minimum absolute atomic E-state index is 0.0469. The standard InChI is InChI=1S/C12H17N5OS/c1-4-10-15-16-11(19-10)7-14-12(18)8(2)17-6-5-13-9(17)3/h5-6,8H,4,7H2,1-3H3,(H,14,18). The number of hydrogen-bond donors (Lipinski definition) is 1. The average Bonchev–Trinajstić information content (AvgIpc) is 3.03. The van der Waals surface area contributed by atoms with Gasteiger partial charge in [0, 0.05) is 12.4 Å². The lowest BCUT2D eigenvalue weighted by Crippen LogP contribution is -2.30. The summed E-state index contributed by atoms with van der Waals surface area (Å²) in [4.78, 5) is 16.2. The van der Waals surface area contributed by atoms with Crippen LogP contribution in [-0.4, -0.2) is 25.7 Å². The van der Waals surface area contributed by atoms with E-state index in [4.69, 9.17) is 0 Å². The van der Waals surface area contributed by atoms with Crippen molar-refractivity contribution in [2.45, 2.75) is 39.8 Å². The summed E-state index contributed by atoms with van der Waals surface area (Å²) in [5.41, 5.74) is 0. The van der Waals surface area contributed by atoms with Gasteiger partial charge in [-0.2, -0.15) is 0 Å². The van der Waals surface area contributed by atoms with Gasteiger partial charge < -0.3 is 9.88 Å². The lowest BCUT2D eigenvalue weighted by molar-refractivity contribution is -0.124. The number of nitrogens with zero attached hydrogens (tertiary/aromatic N) is 4. The van der Waals surface area contributed by atoms with Crippen molar-refractivity contribution in [2.75, 3.05) is 0 Å². The van der Waals surface area contributed by atoms with Crippen molar-refractivity contribution in [2.24, 2.45) is 0 Å². The molecule has 7 heteroatoms. The Hall–Kier alpha value is -1.76. The Labute approximate surface area is 115 Å². The van der Waals surface area contributed by atoms with Gasteiger partial charge in [0.1, 0.15) is 21.9 Å². The molecule has 0 saturated heterocycles. The molecule has 2 aromatic rings. The first-order valence-corrected chi connectivity index (χ1v) is 7.02. The van der Waals surface area contributed by atoms with Gasteiger partial charge in [0.15, 0.2) is 0 Å². The molecular weight excluding hydrogens is 262 g/mol. The second kappa shape index (κ2) is 5.92. The smallest absolute Gasteiger partial charge is 0.243 e. The predicted molar refractivity (Wildman–Crippen MR) is 72.8 cm³/mol. The van der Waals surface area contributed by atoms with Crippen LogP contribution in [0.4, 0.5) is 0 Å². The highest BCUT2D eigenvalue weighted by Gasteiger charge is 2.16. The lowest BCUT2D eigenvalue weighted by Gasteiger charge is -2.14. The number of carbonyl (C=O) groups is 1. The summed E-state index contributed by atoms with van der Waals surface area (Å²) in [5, 5.41) is 12.8. The Morgan fingerprint density at radius 3 is 2.79 bits per heavy atom. The SMILES string of the molecule is CCc1nnc(CNC(=O)C(C)n2ccnc2C)s1. The molecule has 1 unspecified atom stereocenters. The first kappa shape index (κ1) is 13.7. The van der Waals surface area contributed by atoms with Crippen LogP contribution in [0.3, 0.4) is 0 Å². The highest BCUT2D eigenvalue weighted by atomic mass is 32.1. The molecule has 0 fully saturated rings. The molecule has 0 saturated carbocycles. The van der Waals surface area contributed by atoms with Crippen molar-refractivity contribution >= 4 is 17.2 Å². The molecule has 0 aliphatic rings. The molecule has 0 radical (unpaired) electrons. The van der Waals surface area contributed by atoms with Crippen LogP contribution < -0.4 is 5.32 Å². The first-order chi connectivity index (χ1) is 9.11. The van der Waals surface area contributed by atoms with E-state index in [1.54, 1.807) is 12.4 Å². The van der Waals surface area contributed by atoms with Gasteiger partial charge in [0.25, 0.3) is 0 Å². The van der Waals surface area contributed by atoms with E-state index in [1.807, 2.05) is 25.3 Å². The maximum atomic E-state index is 12.0. The van der Waals surface area contributed by atoms with Crippen LogP contribution in [0, 0.1) is 6.92 Å². The van der Waals surface area contributed by atoms with E-state index in [9.17, 15) is 4.79 Å². The minimum Gasteiger partial charge on any atom is -0.348 e. The fraction of sp³-hybridized carbons (Fsp3) is 0.500. The molecular formula is C12H17N5OS. The minimum atomic E-state index is -0.277. The summed E-state index contributed by atoms with van der Waals surface area (Å²) in [7, 11) is 0. The van der Waals surface area contributed by atoms with Crippen LogP contribution in [0.15, 0.2) is 12.4 Å². The summed E-state index contributed by atoms with van der Waals surface area (Å²) in [6.07, 6.45) is 4.37. The third-order valence-electron chi connectivity index (χ3n) is 2.88. The van der Waals surface area contributed by atoms with Gasteiger partial charge >= 0.3 is 0 Å². The molecule has 19 heavy (non-hydrogen) atoms. The van der Waals surface area contributed by atoms with Crippen LogP contribution in [0.1, 0.15) is 35.7 Å². The van der Waals surface area contributed by atoms with Gasteiger partial charge in [-0.05, 0) is 20.3 Å². The zero-order valence-corrected chi connectivity index (χ0v) is 12.1. The van der Waals surface area contributed by atoms with E-state index >= 15 is 0 Å². The molecule has 1 amide bonds. The van der Waals surface area contributed by atoms with Gasteiger partial charge in [-0.15, -0.1) is 10.2 Å². The van der Waals surface area contributed by atoms with Crippen molar-refractivity contribution in [1.82, 2.24) is 25.1 Å². The number of nitrogens with one attached hydrogen (secondary N) is 1. The van der Waals surface area contributed by atoms with Gasteiger partial charge in [-0.25, -0.2) is 4.98 Å². The Bertz CT molecular complexity index is 562. The molecule has 2 aromatic heterocycles. The van der Waals surface area contributed by atoms with E-state index in [1.165, 1.54) is 11.3 Å². The van der Waals surface area contributed by atoms with Crippen molar-refractivity contribution in [3.63, 3.8) is 0 Å². The summed E-state index contributed by atoms with van der Waals surface area (Å²) in [6.45, 7) is 6.19. The molecule has 0 spiro atoms. The van der Waals surface area contributed by atoms with E-state index in [2.05, 4.69) is 20.5 Å². The number of amides is 1. The zero-order valence-electron chi connectivity index (χ0n) is 11.3.